The van der Waals surface area contributed by atoms with Crippen LogP contribution in [0, 0.1) is 13.8 Å². The summed E-state index contributed by atoms with van der Waals surface area (Å²) in [6, 6.07) is 3.38. The number of rotatable bonds is 5. The number of hydrogen-bond acceptors (Lipinski definition) is 6. The number of aryl methyl sites for hydroxylation is 2. The molecule has 1 fully saturated rings. The highest BCUT2D eigenvalue weighted by Crippen LogP contribution is 2.28. The number of aromatic nitrogens is 1. The molecular weight excluding hydrogens is 358 g/mol. The van der Waals surface area contributed by atoms with E-state index in [1.807, 2.05) is 19.2 Å². The summed E-state index contributed by atoms with van der Waals surface area (Å²) in [5.74, 6) is 0.385. The van der Waals surface area contributed by atoms with Crippen LogP contribution in [-0.2, 0) is 10.0 Å². The zero-order valence-electron chi connectivity index (χ0n) is 14.7. The lowest BCUT2D eigenvalue weighted by atomic mass is 10.1. The average Bonchev–Trinajstić information content (AvgIpc) is 3.11. The van der Waals surface area contributed by atoms with Gasteiger partial charge in [-0.05, 0) is 49.9 Å². The van der Waals surface area contributed by atoms with E-state index in [4.69, 9.17) is 4.74 Å². The van der Waals surface area contributed by atoms with E-state index in [1.54, 1.807) is 29.7 Å². The lowest BCUT2D eigenvalue weighted by molar-refractivity contribution is 0.400. The minimum absolute atomic E-state index is 0.0764. The number of nitrogens with zero attached hydrogens (tertiary/aromatic N) is 2. The van der Waals surface area contributed by atoms with Gasteiger partial charge in [0.15, 0.2) is 5.13 Å². The maximum atomic E-state index is 12.8. The summed E-state index contributed by atoms with van der Waals surface area (Å²) in [7, 11) is -2.12. The molecule has 0 saturated carbocycles. The van der Waals surface area contributed by atoms with E-state index >= 15 is 0 Å². The smallest absolute Gasteiger partial charge is 0.244 e. The molecule has 2 heterocycles. The number of thiazole rings is 1. The van der Waals surface area contributed by atoms with Crippen LogP contribution < -0.4 is 14.4 Å². The van der Waals surface area contributed by atoms with Crippen molar-refractivity contribution in [1.29, 1.82) is 0 Å². The monoisotopic (exact) mass is 381 g/mol. The average molecular weight is 382 g/mol. The molecule has 1 aliphatic heterocycles. The second-order valence-electron chi connectivity index (χ2n) is 6.28. The van der Waals surface area contributed by atoms with Gasteiger partial charge in [-0.1, -0.05) is 0 Å². The van der Waals surface area contributed by atoms with Crippen molar-refractivity contribution in [2.24, 2.45) is 0 Å². The van der Waals surface area contributed by atoms with Crippen LogP contribution >= 0.6 is 11.3 Å². The molecule has 0 spiro atoms. The van der Waals surface area contributed by atoms with Gasteiger partial charge in [-0.3, -0.25) is 0 Å². The Hall–Kier alpha value is -1.64. The molecule has 6 nitrogen and oxygen atoms in total. The van der Waals surface area contributed by atoms with Crippen LogP contribution in [0.3, 0.4) is 0 Å². The molecule has 0 aliphatic carbocycles. The Kier molecular flexibility index (Phi) is 5.31. The first-order valence-electron chi connectivity index (χ1n) is 8.22. The number of hydrogen-bond donors (Lipinski definition) is 1. The fourth-order valence-corrected chi connectivity index (χ4v) is 5.21. The number of ether oxygens (including phenoxy) is 1. The molecule has 8 heteroatoms. The number of benzene rings is 1. The van der Waals surface area contributed by atoms with E-state index in [1.165, 1.54) is 7.11 Å². The molecule has 25 heavy (non-hydrogen) atoms. The summed E-state index contributed by atoms with van der Waals surface area (Å²) < 4.78 is 33.8. The van der Waals surface area contributed by atoms with Crippen molar-refractivity contribution < 1.29 is 13.2 Å². The summed E-state index contributed by atoms with van der Waals surface area (Å²) in [4.78, 5) is 6.73. The van der Waals surface area contributed by atoms with Crippen molar-refractivity contribution in [3.8, 4) is 5.75 Å². The van der Waals surface area contributed by atoms with Gasteiger partial charge >= 0.3 is 0 Å². The molecule has 1 N–H and O–H groups in total. The predicted octanol–water partition coefficient (Wildman–Crippen LogP) is 2.72. The van der Waals surface area contributed by atoms with E-state index in [2.05, 4.69) is 14.6 Å². The summed E-state index contributed by atoms with van der Waals surface area (Å²) in [5.41, 5.74) is 1.94. The summed E-state index contributed by atoms with van der Waals surface area (Å²) in [5, 5.41) is 2.95. The van der Waals surface area contributed by atoms with Gasteiger partial charge in [0, 0.05) is 30.7 Å². The van der Waals surface area contributed by atoms with Crippen molar-refractivity contribution in [2.75, 3.05) is 25.1 Å². The van der Waals surface area contributed by atoms with Crippen molar-refractivity contribution in [3.63, 3.8) is 0 Å². The highest BCUT2D eigenvalue weighted by atomic mass is 32.2. The molecule has 0 bridgehead atoms. The van der Waals surface area contributed by atoms with Crippen LogP contribution in [0.5, 0.6) is 5.75 Å². The standard InChI is InChI=1S/C17H23N3O3S2/c1-12-10-15(23-3)16(11-13(12)2)25(21,22)19-14-4-7-20(8-5-14)17-18-6-9-24-17/h6,9-11,14,19H,4-5,7-8H2,1-3H3. The van der Waals surface area contributed by atoms with Crippen molar-refractivity contribution in [1.82, 2.24) is 9.71 Å². The van der Waals surface area contributed by atoms with Crippen LogP contribution in [0.4, 0.5) is 5.13 Å². The van der Waals surface area contributed by atoms with Crippen molar-refractivity contribution in [3.05, 3.63) is 34.8 Å². The van der Waals surface area contributed by atoms with Crippen LogP contribution in [0.2, 0.25) is 0 Å². The molecule has 0 amide bonds. The van der Waals surface area contributed by atoms with Gasteiger partial charge in [0.2, 0.25) is 10.0 Å². The second-order valence-corrected chi connectivity index (χ2v) is 8.84. The molecular formula is C17H23N3O3S2. The van der Waals surface area contributed by atoms with Gasteiger partial charge in [0.25, 0.3) is 0 Å². The first-order valence-corrected chi connectivity index (χ1v) is 10.6. The molecule has 0 atom stereocenters. The zero-order chi connectivity index (χ0) is 18.0. The first kappa shape index (κ1) is 18.2. The largest absolute Gasteiger partial charge is 0.495 e. The Morgan fingerprint density at radius 1 is 1.24 bits per heavy atom. The fourth-order valence-electron chi connectivity index (χ4n) is 2.98. The highest BCUT2D eigenvalue weighted by Gasteiger charge is 2.27. The van der Waals surface area contributed by atoms with E-state index < -0.39 is 10.0 Å². The maximum absolute atomic E-state index is 12.8. The number of sulfonamides is 1. The molecule has 0 radical (unpaired) electrons. The normalized spacial score (nSPS) is 16.2. The maximum Gasteiger partial charge on any atom is 0.244 e. The van der Waals surface area contributed by atoms with Crippen LogP contribution in [-0.4, -0.2) is 39.6 Å². The number of piperidine rings is 1. The Labute approximate surface area is 152 Å². The highest BCUT2D eigenvalue weighted by molar-refractivity contribution is 7.89. The van der Waals surface area contributed by atoms with Crippen molar-refractivity contribution in [2.45, 2.75) is 37.6 Å². The molecule has 1 aliphatic rings. The lowest BCUT2D eigenvalue weighted by Gasteiger charge is -2.32. The third kappa shape index (κ3) is 3.96. The third-order valence-corrected chi connectivity index (χ3v) is 6.95. The molecule has 136 valence electrons. The first-order chi connectivity index (χ1) is 11.9. The molecule has 1 aromatic carbocycles. The second kappa shape index (κ2) is 7.31. The van der Waals surface area contributed by atoms with Crippen LogP contribution in [0.1, 0.15) is 24.0 Å². The molecule has 0 unspecified atom stereocenters. The summed E-state index contributed by atoms with van der Waals surface area (Å²) in [6.07, 6.45) is 3.30. The predicted molar refractivity (Wildman–Crippen MR) is 100 cm³/mol. The Morgan fingerprint density at radius 2 is 1.92 bits per heavy atom. The summed E-state index contributed by atoms with van der Waals surface area (Å²) >= 11 is 1.61. The minimum Gasteiger partial charge on any atom is -0.495 e. The van der Waals surface area contributed by atoms with Gasteiger partial charge in [-0.15, -0.1) is 11.3 Å². The Morgan fingerprint density at radius 3 is 2.52 bits per heavy atom. The van der Waals surface area contributed by atoms with Gasteiger partial charge < -0.3 is 9.64 Å². The lowest BCUT2D eigenvalue weighted by Crippen LogP contribution is -2.44. The Balaban J connectivity index is 1.72. The van der Waals surface area contributed by atoms with Gasteiger partial charge in [0.05, 0.1) is 7.11 Å². The molecule has 1 aromatic heterocycles. The van der Waals surface area contributed by atoms with E-state index in [9.17, 15) is 8.42 Å². The number of anilines is 1. The molecule has 2 aromatic rings. The van der Waals surface area contributed by atoms with Gasteiger partial charge in [-0.2, -0.15) is 0 Å². The topological polar surface area (TPSA) is 71.5 Å². The Bertz CT molecular complexity index is 827. The number of methoxy groups -OCH3 is 1. The van der Waals surface area contributed by atoms with Crippen LogP contribution in [0.15, 0.2) is 28.6 Å². The molecule has 3 rings (SSSR count). The number of nitrogens with one attached hydrogen (secondary N) is 1. The van der Waals surface area contributed by atoms with E-state index in [0.717, 1.165) is 42.2 Å². The van der Waals surface area contributed by atoms with Gasteiger partial charge in [-0.25, -0.2) is 18.1 Å². The molecule has 1 saturated heterocycles. The quantitative estimate of drug-likeness (QED) is 0.862. The third-order valence-electron chi connectivity index (χ3n) is 4.58. The van der Waals surface area contributed by atoms with E-state index in [-0.39, 0.29) is 10.9 Å². The zero-order valence-corrected chi connectivity index (χ0v) is 16.3. The van der Waals surface area contributed by atoms with Crippen molar-refractivity contribution >= 4 is 26.5 Å². The van der Waals surface area contributed by atoms with E-state index in [0.29, 0.717) is 5.75 Å². The SMILES string of the molecule is COc1cc(C)c(C)cc1S(=O)(=O)NC1CCN(c2nccs2)CC1. The van der Waals surface area contributed by atoms with Crippen LogP contribution in [0.25, 0.3) is 0 Å². The van der Waals surface area contributed by atoms with Gasteiger partial charge in [0.1, 0.15) is 10.6 Å². The summed E-state index contributed by atoms with van der Waals surface area (Å²) in [6.45, 7) is 5.44. The minimum atomic E-state index is -3.62. The fraction of sp³-hybridized carbons (Fsp3) is 0.471.